The van der Waals surface area contributed by atoms with Crippen molar-refractivity contribution in [2.75, 3.05) is 22.8 Å². The predicted octanol–water partition coefficient (Wildman–Crippen LogP) is 3.19. The van der Waals surface area contributed by atoms with Crippen LogP contribution in [0.5, 0.6) is 5.75 Å². The highest BCUT2D eigenvalue weighted by molar-refractivity contribution is 7.92. The van der Waals surface area contributed by atoms with Crippen molar-refractivity contribution in [1.29, 1.82) is 0 Å². The van der Waals surface area contributed by atoms with E-state index < -0.39 is 10.0 Å². The van der Waals surface area contributed by atoms with Gasteiger partial charge in [0.15, 0.2) is 0 Å². The molecule has 0 fully saturated rings. The van der Waals surface area contributed by atoms with Gasteiger partial charge < -0.3 is 10.1 Å². The third-order valence-corrected chi connectivity index (χ3v) is 6.18. The predicted molar refractivity (Wildman–Crippen MR) is 101 cm³/mol. The van der Waals surface area contributed by atoms with Crippen molar-refractivity contribution in [1.82, 2.24) is 0 Å². The third kappa shape index (κ3) is 3.53. The smallest absolute Gasteiger partial charge is 0.264 e. The number of nitrogens with one attached hydrogen (secondary N) is 1. The first-order valence-corrected chi connectivity index (χ1v) is 10.1. The maximum atomic E-state index is 13.1. The normalized spacial score (nSPS) is 13.7. The molecular weight excluding hydrogens is 352 g/mol. The summed E-state index contributed by atoms with van der Waals surface area (Å²) in [6, 6.07) is 11.9. The second-order valence-corrected chi connectivity index (χ2v) is 7.83. The van der Waals surface area contributed by atoms with E-state index >= 15 is 0 Å². The maximum absolute atomic E-state index is 13.1. The maximum Gasteiger partial charge on any atom is 0.264 e. The number of nitrogens with zero attached hydrogens (tertiary/aromatic N) is 1. The molecule has 0 atom stereocenters. The molecule has 1 aliphatic rings. The highest BCUT2D eigenvalue weighted by Gasteiger charge is 2.25. The van der Waals surface area contributed by atoms with Crippen molar-refractivity contribution in [3.8, 4) is 5.75 Å². The molecule has 1 heterocycles. The summed E-state index contributed by atoms with van der Waals surface area (Å²) in [5, 5.41) is 2.77. The zero-order chi connectivity index (χ0) is 18.7. The first-order valence-electron chi connectivity index (χ1n) is 8.64. The van der Waals surface area contributed by atoms with Gasteiger partial charge >= 0.3 is 0 Å². The Bertz CT molecular complexity index is 908. The van der Waals surface area contributed by atoms with Crippen molar-refractivity contribution in [3.63, 3.8) is 0 Å². The van der Waals surface area contributed by atoms with E-state index in [-0.39, 0.29) is 10.8 Å². The number of hydrogen-bond donors (Lipinski definition) is 1. The van der Waals surface area contributed by atoms with Gasteiger partial charge in [-0.1, -0.05) is 0 Å². The molecule has 2 aromatic rings. The summed E-state index contributed by atoms with van der Waals surface area (Å²) in [4.78, 5) is 11.7. The number of carbonyl (C=O) groups excluding carboxylic acids is 1. The lowest BCUT2D eigenvalue weighted by Crippen LogP contribution is -2.31. The summed E-state index contributed by atoms with van der Waals surface area (Å²) in [7, 11) is -3.70. The average Bonchev–Trinajstić information content (AvgIpc) is 2.63. The molecule has 0 saturated heterocycles. The Morgan fingerprint density at radius 2 is 1.81 bits per heavy atom. The minimum absolute atomic E-state index is 0.0438. The van der Waals surface area contributed by atoms with Gasteiger partial charge in [0.1, 0.15) is 5.75 Å². The van der Waals surface area contributed by atoms with E-state index in [4.69, 9.17) is 4.74 Å². The first kappa shape index (κ1) is 18.3. The molecule has 1 aliphatic heterocycles. The van der Waals surface area contributed by atoms with Gasteiger partial charge in [-0.05, 0) is 68.3 Å². The molecule has 1 amide bonds. The van der Waals surface area contributed by atoms with E-state index in [0.717, 1.165) is 5.56 Å². The van der Waals surface area contributed by atoms with Crippen LogP contribution in [0.3, 0.4) is 0 Å². The molecule has 0 unspecified atom stereocenters. The number of carbonyl (C=O) groups is 1. The Morgan fingerprint density at radius 1 is 1.08 bits per heavy atom. The fourth-order valence-electron chi connectivity index (χ4n) is 3.01. The van der Waals surface area contributed by atoms with Crippen LogP contribution < -0.4 is 14.4 Å². The van der Waals surface area contributed by atoms with Gasteiger partial charge in [0.05, 0.1) is 17.2 Å². The Balaban J connectivity index is 1.93. The van der Waals surface area contributed by atoms with Crippen molar-refractivity contribution >= 4 is 27.3 Å². The largest absolute Gasteiger partial charge is 0.494 e. The van der Waals surface area contributed by atoms with Crippen LogP contribution in [0.2, 0.25) is 0 Å². The Labute approximate surface area is 153 Å². The number of ether oxygens (including phenoxy) is 1. The second-order valence-electron chi connectivity index (χ2n) is 5.96. The molecule has 2 aromatic carbocycles. The monoisotopic (exact) mass is 374 g/mol. The van der Waals surface area contributed by atoms with Crippen LogP contribution in [0.4, 0.5) is 11.4 Å². The number of sulfonamides is 1. The minimum Gasteiger partial charge on any atom is -0.494 e. The van der Waals surface area contributed by atoms with Gasteiger partial charge in [-0.2, -0.15) is 0 Å². The van der Waals surface area contributed by atoms with Gasteiger partial charge in [-0.15, -0.1) is 0 Å². The SMILES string of the molecule is CCOc1ccc(N(CC)S(=O)(=O)c2ccc3c(c2)CCC(=O)N3)cc1. The second kappa shape index (κ2) is 7.37. The van der Waals surface area contributed by atoms with Crippen LogP contribution in [-0.2, 0) is 21.2 Å². The lowest BCUT2D eigenvalue weighted by atomic mass is 10.0. The fraction of sp³-hybridized carbons (Fsp3) is 0.316. The highest BCUT2D eigenvalue weighted by atomic mass is 32.2. The lowest BCUT2D eigenvalue weighted by molar-refractivity contribution is -0.116. The summed E-state index contributed by atoms with van der Waals surface area (Å²) in [5.41, 5.74) is 2.11. The molecule has 0 spiro atoms. The topological polar surface area (TPSA) is 75.7 Å². The van der Waals surface area contributed by atoms with E-state index in [2.05, 4.69) is 5.32 Å². The average molecular weight is 374 g/mol. The molecule has 26 heavy (non-hydrogen) atoms. The summed E-state index contributed by atoms with van der Waals surface area (Å²) in [6.07, 6.45) is 0.909. The molecule has 0 aliphatic carbocycles. The molecule has 7 heteroatoms. The molecule has 0 bridgehead atoms. The zero-order valence-electron chi connectivity index (χ0n) is 14.9. The highest BCUT2D eigenvalue weighted by Crippen LogP contribution is 2.29. The van der Waals surface area contributed by atoms with Crippen LogP contribution in [0.1, 0.15) is 25.8 Å². The molecule has 0 saturated carbocycles. The quantitative estimate of drug-likeness (QED) is 0.843. The molecule has 6 nitrogen and oxygen atoms in total. The van der Waals surface area contributed by atoms with Crippen molar-refractivity contribution in [2.45, 2.75) is 31.6 Å². The van der Waals surface area contributed by atoms with Crippen molar-refractivity contribution < 1.29 is 17.9 Å². The standard InChI is InChI=1S/C19H22N2O4S/c1-3-21(15-6-8-16(9-7-15)25-4-2)26(23,24)17-10-11-18-14(13-17)5-12-19(22)20-18/h6-11,13H,3-5,12H2,1-2H3,(H,20,22). The van der Waals surface area contributed by atoms with Gasteiger partial charge in [0.2, 0.25) is 5.91 Å². The van der Waals surface area contributed by atoms with Crippen LogP contribution in [0, 0.1) is 0 Å². The molecule has 0 radical (unpaired) electrons. The fourth-order valence-corrected chi connectivity index (χ4v) is 4.54. The van der Waals surface area contributed by atoms with E-state index in [1.165, 1.54) is 10.4 Å². The molecule has 138 valence electrons. The van der Waals surface area contributed by atoms with Crippen molar-refractivity contribution in [3.05, 3.63) is 48.0 Å². The van der Waals surface area contributed by atoms with E-state index in [0.29, 0.717) is 43.1 Å². The minimum atomic E-state index is -3.70. The summed E-state index contributed by atoms with van der Waals surface area (Å²) in [6.45, 7) is 4.56. The lowest BCUT2D eigenvalue weighted by Gasteiger charge is -2.24. The Hall–Kier alpha value is -2.54. The first-order chi connectivity index (χ1) is 12.5. The van der Waals surface area contributed by atoms with Crippen LogP contribution >= 0.6 is 0 Å². The zero-order valence-corrected chi connectivity index (χ0v) is 15.7. The number of aryl methyl sites for hydroxylation is 1. The van der Waals surface area contributed by atoms with E-state index in [1.807, 2.05) is 6.92 Å². The van der Waals surface area contributed by atoms with Gasteiger partial charge in [0, 0.05) is 18.7 Å². The number of hydrogen-bond acceptors (Lipinski definition) is 4. The molecular formula is C19H22N2O4S. The van der Waals surface area contributed by atoms with Crippen molar-refractivity contribution in [2.24, 2.45) is 0 Å². The number of benzene rings is 2. The van der Waals surface area contributed by atoms with Crippen LogP contribution in [-0.4, -0.2) is 27.5 Å². The third-order valence-electron chi connectivity index (χ3n) is 4.28. The Morgan fingerprint density at radius 3 is 2.46 bits per heavy atom. The summed E-state index contributed by atoms with van der Waals surface area (Å²) < 4.78 is 33.0. The molecule has 0 aromatic heterocycles. The number of fused-ring (bicyclic) bond motifs is 1. The number of anilines is 2. The van der Waals surface area contributed by atoms with Gasteiger partial charge in [-0.3, -0.25) is 9.10 Å². The number of rotatable bonds is 6. The van der Waals surface area contributed by atoms with E-state index in [1.54, 1.807) is 43.3 Å². The van der Waals surface area contributed by atoms with Crippen LogP contribution in [0.25, 0.3) is 0 Å². The van der Waals surface area contributed by atoms with Gasteiger partial charge in [-0.25, -0.2) is 8.42 Å². The van der Waals surface area contributed by atoms with E-state index in [9.17, 15) is 13.2 Å². The van der Waals surface area contributed by atoms with Gasteiger partial charge in [0.25, 0.3) is 10.0 Å². The number of amides is 1. The Kier molecular flexibility index (Phi) is 5.18. The van der Waals surface area contributed by atoms with Crippen LogP contribution in [0.15, 0.2) is 47.4 Å². The molecule has 3 rings (SSSR count). The molecule has 1 N–H and O–H groups in total. The summed E-state index contributed by atoms with van der Waals surface area (Å²) >= 11 is 0. The summed E-state index contributed by atoms with van der Waals surface area (Å²) in [5.74, 6) is 0.659.